The number of hydrogen-bond acceptors (Lipinski definition) is 4. The summed E-state index contributed by atoms with van der Waals surface area (Å²) in [6.07, 6.45) is 1.88. The number of carbonyl (C=O) groups is 1. The largest absolute Gasteiger partial charge is 0.479 e. The molecule has 1 aromatic carbocycles. The summed E-state index contributed by atoms with van der Waals surface area (Å²) in [5.41, 5.74) is -0.493. The van der Waals surface area contributed by atoms with E-state index in [1.165, 1.54) is 11.4 Å². The van der Waals surface area contributed by atoms with Crippen molar-refractivity contribution in [3.63, 3.8) is 0 Å². The number of ether oxygens (including phenoxy) is 1. The van der Waals surface area contributed by atoms with E-state index in [2.05, 4.69) is 0 Å². The summed E-state index contributed by atoms with van der Waals surface area (Å²) in [4.78, 5) is 11.6. The Kier molecular flexibility index (Phi) is 4.89. The summed E-state index contributed by atoms with van der Waals surface area (Å²) < 4.78 is 31.7. The number of methoxy groups -OCH3 is 1. The minimum absolute atomic E-state index is 0.139. The minimum Gasteiger partial charge on any atom is -0.479 e. The van der Waals surface area contributed by atoms with Gasteiger partial charge in [0.05, 0.1) is 11.4 Å². The lowest BCUT2D eigenvalue weighted by Crippen LogP contribution is -2.44. The number of nitrogens with zero attached hydrogens (tertiary/aromatic N) is 1. The molecule has 0 saturated carbocycles. The zero-order chi connectivity index (χ0) is 16.4. The van der Waals surface area contributed by atoms with Crippen LogP contribution in [-0.2, 0) is 26.0 Å². The molecule has 0 spiro atoms. The van der Waals surface area contributed by atoms with Gasteiger partial charge in [0.15, 0.2) is 5.60 Å². The number of aliphatic carboxylic acids is 1. The third-order valence-electron chi connectivity index (χ3n) is 4.05. The molecular formula is C15H21NO5S. The molecule has 1 saturated heterocycles. The van der Waals surface area contributed by atoms with E-state index in [1.54, 1.807) is 18.2 Å². The zero-order valence-corrected chi connectivity index (χ0v) is 13.6. The van der Waals surface area contributed by atoms with E-state index in [9.17, 15) is 18.3 Å². The fraction of sp³-hybridized carbons (Fsp3) is 0.533. The van der Waals surface area contributed by atoms with Crippen LogP contribution in [0.4, 0.5) is 0 Å². The van der Waals surface area contributed by atoms with Gasteiger partial charge in [-0.05, 0) is 24.1 Å². The first-order valence-electron chi connectivity index (χ1n) is 7.23. The van der Waals surface area contributed by atoms with Gasteiger partial charge in [0.2, 0.25) is 10.0 Å². The third kappa shape index (κ3) is 3.02. The molecule has 1 unspecified atom stereocenters. The molecule has 0 aromatic heterocycles. The Hall–Kier alpha value is -1.44. The second-order valence-electron chi connectivity index (χ2n) is 5.49. The van der Waals surface area contributed by atoms with Crippen molar-refractivity contribution >= 4 is 16.0 Å². The molecule has 1 aliphatic rings. The van der Waals surface area contributed by atoms with Crippen LogP contribution in [-0.4, -0.2) is 49.6 Å². The van der Waals surface area contributed by atoms with E-state index in [-0.39, 0.29) is 24.4 Å². The Morgan fingerprint density at radius 2 is 2.18 bits per heavy atom. The van der Waals surface area contributed by atoms with Gasteiger partial charge in [-0.2, -0.15) is 4.31 Å². The molecule has 1 aromatic rings. The molecule has 1 atom stereocenters. The predicted octanol–water partition coefficient (Wildman–Crippen LogP) is 1.50. The fourth-order valence-electron chi connectivity index (χ4n) is 2.68. The molecule has 0 amide bonds. The molecule has 22 heavy (non-hydrogen) atoms. The van der Waals surface area contributed by atoms with Crippen LogP contribution >= 0.6 is 0 Å². The first-order valence-corrected chi connectivity index (χ1v) is 8.67. The third-order valence-corrected chi connectivity index (χ3v) is 5.89. The fourth-order valence-corrected chi connectivity index (χ4v) is 4.24. The topological polar surface area (TPSA) is 83.9 Å². The molecule has 7 heteroatoms. The molecule has 122 valence electrons. The number of aryl methyl sites for hydroxylation is 1. The Morgan fingerprint density at radius 3 is 2.73 bits per heavy atom. The summed E-state index contributed by atoms with van der Waals surface area (Å²) in [6, 6.07) is 6.81. The second kappa shape index (κ2) is 6.36. The van der Waals surface area contributed by atoms with Crippen molar-refractivity contribution in [2.45, 2.75) is 36.7 Å². The normalized spacial score (nSPS) is 22.8. The van der Waals surface area contributed by atoms with Crippen molar-refractivity contribution in [3.05, 3.63) is 29.8 Å². The maximum absolute atomic E-state index is 12.7. The van der Waals surface area contributed by atoms with Crippen LogP contribution in [0.5, 0.6) is 0 Å². The maximum Gasteiger partial charge on any atom is 0.337 e. The highest BCUT2D eigenvalue weighted by molar-refractivity contribution is 7.89. The second-order valence-corrected chi connectivity index (χ2v) is 7.43. The predicted molar refractivity (Wildman–Crippen MR) is 81.2 cm³/mol. The SMILES string of the molecule is CCCc1cccc(S(=O)(=O)N2CCC(OC)(C(=O)O)C2)c1. The van der Waals surface area contributed by atoms with Gasteiger partial charge in [-0.25, -0.2) is 13.2 Å². The molecule has 2 rings (SSSR count). The van der Waals surface area contributed by atoms with Crippen LogP contribution in [0.3, 0.4) is 0 Å². The highest BCUT2D eigenvalue weighted by Crippen LogP contribution is 2.30. The smallest absolute Gasteiger partial charge is 0.337 e. The molecule has 1 fully saturated rings. The number of sulfonamides is 1. The van der Waals surface area contributed by atoms with E-state index in [0.717, 1.165) is 18.4 Å². The summed E-state index contributed by atoms with van der Waals surface area (Å²) >= 11 is 0. The van der Waals surface area contributed by atoms with Crippen molar-refractivity contribution in [1.82, 2.24) is 4.31 Å². The van der Waals surface area contributed by atoms with Gasteiger partial charge in [0, 0.05) is 20.1 Å². The zero-order valence-electron chi connectivity index (χ0n) is 12.8. The first-order chi connectivity index (χ1) is 10.4. The average Bonchev–Trinajstić information content (AvgIpc) is 2.94. The lowest BCUT2D eigenvalue weighted by Gasteiger charge is -2.23. The van der Waals surface area contributed by atoms with E-state index in [4.69, 9.17) is 4.74 Å². The molecule has 6 nitrogen and oxygen atoms in total. The van der Waals surface area contributed by atoms with Crippen LogP contribution in [0.15, 0.2) is 29.2 Å². The Labute approximate surface area is 130 Å². The molecule has 1 N–H and O–H groups in total. The van der Waals surface area contributed by atoms with Crippen molar-refractivity contribution in [2.24, 2.45) is 0 Å². The Morgan fingerprint density at radius 1 is 1.45 bits per heavy atom. The average molecular weight is 327 g/mol. The van der Waals surface area contributed by atoms with Crippen LogP contribution in [0.25, 0.3) is 0 Å². The molecule has 0 radical (unpaired) electrons. The highest BCUT2D eigenvalue weighted by atomic mass is 32.2. The number of carboxylic acids is 1. The van der Waals surface area contributed by atoms with Gasteiger partial charge >= 0.3 is 5.97 Å². The Bertz CT molecular complexity index is 658. The minimum atomic E-state index is -3.70. The number of carboxylic acid groups (broad SMARTS) is 1. The van der Waals surface area contributed by atoms with Crippen LogP contribution in [0.1, 0.15) is 25.3 Å². The van der Waals surface area contributed by atoms with E-state index in [0.29, 0.717) is 0 Å². The standard InChI is InChI=1S/C15H21NO5S/c1-3-5-12-6-4-7-13(10-12)22(19,20)16-9-8-15(11-16,21-2)14(17)18/h4,6-7,10H,3,5,8-9,11H2,1-2H3,(H,17,18). The van der Waals surface area contributed by atoms with Crippen LogP contribution < -0.4 is 0 Å². The number of rotatable bonds is 6. The van der Waals surface area contributed by atoms with Crippen molar-refractivity contribution < 1.29 is 23.1 Å². The summed E-state index contributed by atoms with van der Waals surface area (Å²) in [7, 11) is -2.41. The van der Waals surface area contributed by atoms with Gasteiger partial charge in [-0.15, -0.1) is 0 Å². The number of benzene rings is 1. The summed E-state index contributed by atoms with van der Waals surface area (Å²) in [5.74, 6) is -1.13. The van der Waals surface area contributed by atoms with Gasteiger partial charge in [0.1, 0.15) is 0 Å². The highest BCUT2D eigenvalue weighted by Gasteiger charge is 2.48. The lowest BCUT2D eigenvalue weighted by molar-refractivity contribution is -0.160. The molecule has 0 aliphatic carbocycles. The van der Waals surface area contributed by atoms with Gasteiger partial charge < -0.3 is 9.84 Å². The lowest BCUT2D eigenvalue weighted by atomic mass is 10.0. The first kappa shape index (κ1) is 16.9. The van der Waals surface area contributed by atoms with Crippen molar-refractivity contribution in [1.29, 1.82) is 0 Å². The van der Waals surface area contributed by atoms with Crippen molar-refractivity contribution in [2.75, 3.05) is 20.2 Å². The van der Waals surface area contributed by atoms with E-state index < -0.39 is 21.6 Å². The maximum atomic E-state index is 12.7. The van der Waals surface area contributed by atoms with Crippen molar-refractivity contribution in [3.8, 4) is 0 Å². The van der Waals surface area contributed by atoms with Gasteiger partial charge in [0.25, 0.3) is 0 Å². The summed E-state index contributed by atoms with van der Waals surface area (Å²) in [6.45, 7) is 2.00. The monoisotopic (exact) mass is 327 g/mol. The van der Waals surface area contributed by atoms with E-state index in [1.807, 2.05) is 13.0 Å². The van der Waals surface area contributed by atoms with Gasteiger partial charge in [-0.1, -0.05) is 25.5 Å². The molecular weight excluding hydrogens is 306 g/mol. The van der Waals surface area contributed by atoms with Gasteiger partial charge in [-0.3, -0.25) is 0 Å². The molecule has 0 bridgehead atoms. The summed E-state index contributed by atoms with van der Waals surface area (Å²) in [5, 5.41) is 9.29. The van der Waals surface area contributed by atoms with Crippen LogP contribution in [0.2, 0.25) is 0 Å². The quantitative estimate of drug-likeness (QED) is 0.856. The van der Waals surface area contributed by atoms with Crippen LogP contribution in [0, 0.1) is 0 Å². The Balaban J connectivity index is 2.28. The van der Waals surface area contributed by atoms with E-state index >= 15 is 0 Å². The molecule has 1 aliphatic heterocycles. The number of hydrogen-bond donors (Lipinski definition) is 1. The molecule has 1 heterocycles.